The summed E-state index contributed by atoms with van der Waals surface area (Å²) in [4.78, 5) is 15.3. The second-order valence-corrected chi connectivity index (χ2v) is 4.45. The van der Waals surface area contributed by atoms with E-state index in [1.165, 1.54) is 6.20 Å². The molecule has 0 saturated heterocycles. The first kappa shape index (κ1) is 13.1. The number of halogens is 1. The van der Waals surface area contributed by atoms with Crippen LogP contribution < -0.4 is 0 Å². The van der Waals surface area contributed by atoms with Crippen molar-refractivity contribution in [1.82, 2.24) is 4.98 Å². The lowest BCUT2D eigenvalue weighted by Crippen LogP contribution is -2.02. The van der Waals surface area contributed by atoms with E-state index in [1.807, 2.05) is 0 Å². The molecule has 0 aliphatic carbocycles. The van der Waals surface area contributed by atoms with Crippen LogP contribution in [0.1, 0.15) is 21.6 Å². The Morgan fingerprint density at radius 3 is 2.74 bits per heavy atom. The van der Waals surface area contributed by atoms with Gasteiger partial charge in [-0.25, -0.2) is 4.79 Å². The van der Waals surface area contributed by atoms with Crippen molar-refractivity contribution in [2.24, 2.45) is 0 Å². The Kier molecular flexibility index (Phi) is 3.55. The van der Waals surface area contributed by atoms with Gasteiger partial charge in [-0.3, -0.25) is 4.98 Å². The smallest absolute Gasteiger partial charge is 0.337 e. The molecule has 4 heteroatoms. The number of rotatable bonds is 2. The van der Waals surface area contributed by atoms with Gasteiger partial charge >= 0.3 is 5.97 Å². The molecule has 94 valence electrons. The summed E-state index contributed by atoms with van der Waals surface area (Å²) >= 11 is 5.96. The highest BCUT2D eigenvalue weighted by Crippen LogP contribution is 2.29. The van der Waals surface area contributed by atoms with Crippen molar-refractivity contribution in [2.75, 3.05) is 0 Å². The quantitative estimate of drug-likeness (QED) is 0.852. The Morgan fingerprint density at radius 1 is 1.37 bits per heavy atom. The van der Waals surface area contributed by atoms with Gasteiger partial charge < -0.3 is 5.11 Å². The highest BCUT2D eigenvalue weighted by molar-refractivity contribution is 6.31. The summed E-state index contributed by atoms with van der Waals surface area (Å²) in [7, 11) is 0. The molecule has 0 saturated carbocycles. The second-order valence-electron chi connectivity index (χ2n) is 4.01. The molecule has 3 nitrogen and oxygen atoms in total. The molecule has 0 bridgehead atoms. The van der Waals surface area contributed by atoms with E-state index in [1.54, 1.807) is 31.2 Å². The van der Waals surface area contributed by atoms with Gasteiger partial charge in [-0.1, -0.05) is 17.5 Å². The van der Waals surface area contributed by atoms with E-state index in [2.05, 4.69) is 10.9 Å². The zero-order valence-corrected chi connectivity index (χ0v) is 10.9. The lowest BCUT2D eigenvalue weighted by atomic mass is 9.96. The van der Waals surface area contributed by atoms with Crippen LogP contribution in [0.2, 0.25) is 5.02 Å². The van der Waals surface area contributed by atoms with Gasteiger partial charge in [0.1, 0.15) is 0 Å². The molecule has 0 radical (unpaired) electrons. The van der Waals surface area contributed by atoms with Crippen molar-refractivity contribution in [3.8, 4) is 23.5 Å². The predicted molar refractivity (Wildman–Crippen MR) is 74.3 cm³/mol. The molecule has 0 amide bonds. The standard InChI is InChI=1S/C15H10ClNO2/c1-3-10-4-5-11(16)7-12(10)13-6-9(2)17-8-14(13)15(18)19/h1,4-8H,2H3,(H,18,19). The molecule has 1 aromatic heterocycles. The minimum atomic E-state index is -1.05. The monoisotopic (exact) mass is 271 g/mol. The molecular weight excluding hydrogens is 262 g/mol. The number of carbonyl (C=O) groups is 1. The van der Waals surface area contributed by atoms with Gasteiger partial charge in [0, 0.05) is 28.0 Å². The molecule has 0 unspecified atom stereocenters. The zero-order chi connectivity index (χ0) is 14.0. The Hall–Kier alpha value is -2.31. The average molecular weight is 272 g/mol. The van der Waals surface area contributed by atoms with Crippen molar-refractivity contribution in [1.29, 1.82) is 0 Å². The molecule has 0 spiro atoms. The first-order chi connectivity index (χ1) is 9.02. The molecule has 1 aromatic carbocycles. The van der Waals surface area contributed by atoms with Crippen molar-refractivity contribution in [3.63, 3.8) is 0 Å². The maximum absolute atomic E-state index is 11.3. The Morgan fingerprint density at radius 2 is 2.11 bits per heavy atom. The van der Waals surface area contributed by atoms with Crippen LogP contribution >= 0.6 is 11.6 Å². The van der Waals surface area contributed by atoms with E-state index >= 15 is 0 Å². The van der Waals surface area contributed by atoms with Gasteiger partial charge in [-0.05, 0) is 36.8 Å². The summed E-state index contributed by atoms with van der Waals surface area (Å²) in [5, 5.41) is 9.73. The summed E-state index contributed by atoms with van der Waals surface area (Å²) in [5.74, 6) is 1.48. The Labute approximate surface area is 115 Å². The predicted octanol–water partition coefficient (Wildman–Crippen LogP) is 3.39. The van der Waals surface area contributed by atoms with Gasteiger partial charge in [0.2, 0.25) is 0 Å². The van der Waals surface area contributed by atoms with Crippen LogP contribution in [0, 0.1) is 19.3 Å². The van der Waals surface area contributed by atoms with Gasteiger partial charge in [0.25, 0.3) is 0 Å². The summed E-state index contributed by atoms with van der Waals surface area (Å²) in [5.41, 5.74) is 2.55. The fourth-order valence-corrected chi connectivity index (χ4v) is 1.99. The van der Waals surface area contributed by atoms with E-state index < -0.39 is 5.97 Å². The summed E-state index contributed by atoms with van der Waals surface area (Å²) in [6.07, 6.45) is 6.77. The average Bonchev–Trinajstić information content (AvgIpc) is 2.38. The number of aryl methyl sites for hydroxylation is 1. The van der Waals surface area contributed by atoms with Crippen LogP contribution in [0.15, 0.2) is 30.5 Å². The van der Waals surface area contributed by atoms with Crippen LogP contribution in [-0.4, -0.2) is 16.1 Å². The number of carboxylic acids is 1. The molecule has 2 aromatic rings. The third-order valence-corrected chi connectivity index (χ3v) is 2.93. The van der Waals surface area contributed by atoms with Crippen LogP contribution in [0.4, 0.5) is 0 Å². The minimum absolute atomic E-state index is 0.101. The maximum Gasteiger partial charge on any atom is 0.337 e. The van der Waals surface area contributed by atoms with E-state index in [0.717, 1.165) is 0 Å². The lowest BCUT2D eigenvalue weighted by Gasteiger charge is -2.10. The molecule has 0 aliphatic heterocycles. The number of benzene rings is 1. The number of hydrogen-bond acceptors (Lipinski definition) is 2. The number of pyridine rings is 1. The Bertz CT molecular complexity index is 702. The van der Waals surface area contributed by atoms with E-state index in [0.29, 0.717) is 27.4 Å². The van der Waals surface area contributed by atoms with Gasteiger partial charge in [-0.2, -0.15) is 0 Å². The number of nitrogens with zero attached hydrogens (tertiary/aromatic N) is 1. The van der Waals surface area contributed by atoms with E-state index in [9.17, 15) is 9.90 Å². The molecule has 2 rings (SSSR count). The largest absolute Gasteiger partial charge is 0.478 e. The summed E-state index contributed by atoms with van der Waals surface area (Å²) in [6, 6.07) is 6.72. The number of hydrogen-bond donors (Lipinski definition) is 1. The van der Waals surface area contributed by atoms with E-state index in [4.69, 9.17) is 18.0 Å². The van der Waals surface area contributed by atoms with Crippen LogP contribution in [0.25, 0.3) is 11.1 Å². The summed E-state index contributed by atoms with van der Waals surface area (Å²) in [6.45, 7) is 1.79. The van der Waals surface area contributed by atoms with Crippen molar-refractivity contribution in [3.05, 3.63) is 52.3 Å². The first-order valence-electron chi connectivity index (χ1n) is 5.49. The minimum Gasteiger partial charge on any atom is -0.478 e. The molecular formula is C15H10ClNO2. The number of aromatic carboxylic acids is 1. The van der Waals surface area contributed by atoms with Gasteiger partial charge in [0.05, 0.1) is 5.56 Å². The molecule has 0 atom stereocenters. The maximum atomic E-state index is 11.3. The second kappa shape index (κ2) is 5.13. The molecule has 1 heterocycles. The first-order valence-corrected chi connectivity index (χ1v) is 5.87. The number of carboxylic acid groups (broad SMARTS) is 1. The molecule has 19 heavy (non-hydrogen) atoms. The number of terminal acetylenes is 1. The molecule has 1 N–H and O–H groups in total. The van der Waals surface area contributed by atoms with Crippen molar-refractivity contribution < 1.29 is 9.90 Å². The van der Waals surface area contributed by atoms with Crippen LogP contribution in [-0.2, 0) is 0 Å². The van der Waals surface area contributed by atoms with Crippen molar-refractivity contribution in [2.45, 2.75) is 6.92 Å². The molecule has 0 aliphatic rings. The van der Waals surface area contributed by atoms with Crippen molar-refractivity contribution >= 4 is 17.6 Å². The normalized spacial score (nSPS) is 9.95. The van der Waals surface area contributed by atoms with Crippen LogP contribution in [0.5, 0.6) is 0 Å². The third kappa shape index (κ3) is 2.59. The van der Waals surface area contributed by atoms with Gasteiger partial charge in [-0.15, -0.1) is 6.42 Å². The molecule has 0 fully saturated rings. The zero-order valence-electron chi connectivity index (χ0n) is 10.1. The third-order valence-electron chi connectivity index (χ3n) is 2.70. The van der Waals surface area contributed by atoms with Gasteiger partial charge in [0.15, 0.2) is 0 Å². The summed E-state index contributed by atoms with van der Waals surface area (Å²) < 4.78 is 0. The SMILES string of the molecule is C#Cc1ccc(Cl)cc1-c1cc(C)ncc1C(=O)O. The highest BCUT2D eigenvalue weighted by Gasteiger charge is 2.15. The topological polar surface area (TPSA) is 50.2 Å². The fraction of sp³-hybridized carbons (Fsp3) is 0.0667. The number of aromatic nitrogens is 1. The Balaban J connectivity index is 2.78. The van der Waals surface area contributed by atoms with Crippen LogP contribution in [0.3, 0.4) is 0 Å². The highest BCUT2D eigenvalue weighted by atomic mass is 35.5. The van der Waals surface area contributed by atoms with E-state index in [-0.39, 0.29) is 5.56 Å². The fourth-order valence-electron chi connectivity index (χ4n) is 1.82. The lowest BCUT2D eigenvalue weighted by molar-refractivity contribution is 0.0697.